The van der Waals surface area contributed by atoms with Crippen LogP contribution >= 0.6 is 0 Å². The first-order valence-electron chi connectivity index (χ1n) is 9.12. The summed E-state index contributed by atoms with van der Waals surface area (Å²) in [5.74, 6) is 0.428. The van der Waals surface area contributed by atoms with E-state index in [0.29, 0.717) is 37.7 Å². The van der Waals surface area contributed by atoms with Crippen LogP contribution in [0.5, 0.6) is 0 Å². The van der Waals surface area contributed by atoms with E-state index >= 15 is 0 Å². The Bertz CT molecular complexity index is 721. The first kappa shape index (κ1) is 20.9. The Balaban J connectivity index is 2.11. The molecule has 0 aliphatic carbocycles. The monoisotopic (exact) mass is 381 g/mol. The van der Waals surface area contributed by atoms with E-state index in [9.17, 15) is 13.2 Å². The third kappa shape index (κ3) is 4.84. The van der Waals surface area contributed by atoms with Gasteiger partial charge in [0, 0.05) is 32.2 Å². The van der Waals surface area contributed by atoms with Gasteiger partial charge < -0.3 is 10.6 Å². The predicted octanol–water partition coefficient (Wildman–Crippen LogP) is 2.16. The zero-order valence-electron chi connectivity index (χ0n) is 16.2. The molecular weight excluding hydrogens is 350 g/mol. The Labute approximate surface area is 157 Å². The van der Waals surface area contributed by atoms with Gasteiger partial charge in [0.25, 0.3) is 5.91 Å². The summed E-state index contributed by atoms with van der Waals surface area (Å²) in [6.07, 6.45) is 1.77. The summed E-state index contributed by atoms with van der Waals surface area (Å²) in [6, 6.07) is 6.24. The first-order chi connectivity index (χ1) is 12.1. The number of carbonyl (C=O) groups excluding carboxylic acids is 1. The molecule has 1 heterocycles. The largest absolute Gasteiger partial charge is 0.341 e. The van der Waals surface area contributed by atoms with Gasteiger partial charge in [-0.05, 0) is 55.0 Å². The maximum absolute atomic E-state index is 12.8. The van der Waals surface area contributed by atoms with Gasteiger partial charge in [0.2, 0.25) is 10.0 Å². The molecule has 1 aromatic carbocycles. The molecule has 1 aliphatic heterocycles. The van der Waals surface area contributed by atoms with Crippen LogP contribution in [0.4, 0.5) is 0 Å². The topological polar surface area (TPSA) is 83.7 Å². The third-order valence-electron chi connectivity index (χ3n) is 5.05. The maximum atomic E-state index is 12.8. The maximum Gasteiger partial charge on any atom is 0.253 e. The van der Waals surface area contributed by atoms with Gasteiger partial charge in [-0.15, -0.1) is 0 Å². The molecule has 0 aromatic heterocycles. The van der Waals surface area contributed by atoms with Crippen molar-refractivity contribution in [1.82, 2.24) is 9.21 Å². The lowest BCUT2D eigenvalue weighted by atomic mass is 9.93. The lowest BCUT2D eigenvalue weighted by Crippen LogP contribution is -2.39. The smallest absolute Gasteiger partial charge is 0.253 e. The second-order valence-corrected chi connectivity index (χ2v) is 10.1. The lowest BCUT2D eigenvalue weighted by Gasteiger charge is -2.30. The first-order valence-corrected chi connectivity index (χ1v) is 10.6. The molecule has 1 amide bonds. The number of benzene rings is 1. The van der Waals surface area contributed by atoms with Crippen LogP contribution in [0.1, 0.15) is 44.0 Å². The molecule has 1 saturated heterocycles. The minimum absolute atomic E-state index is 0.137. The molecule has 0 radical (unpaired) electrons. The zero-order valence-corrected chi connectivity index (χ0v) is 17.1. The van der Waals surface area contributed by atoms with Crippen LogP contribution in [-0.2, 0) is 10.0 Å². The lowest BCUT2D eigenvalue weighted by molar-refractivity contribution is 0.0740. The average Bonchev–Trinajstić information content (AvgIpc) is 2.61. The number of hydrogen-bond acceptors (Lipinski definition) is 4. The molecule has 0 bridgehead atoms. The molecule has 0 spiro atoms. The number of nitrogens with zero attached hydrogens (tertiary/aromatic N) is 2. The summed E-state index contributed by atoms with van der Waals surface area (Å²) in [7, 11) is -1.75. The van der Waals surface area contributed by atoms with E-state index in [1.807, 2.05) is 13.8 Å². The molecule has 2 rings (SSSR count). The summed E-state index contributed by atoms with van der Waals surface area (Å²) in [4.78, 5) is 14.4. The highest BCUT2D eigenvalue weighted by atomic mass is 32.2. The van der Waals surface area contributed by atoms with Crippen LogP contribution in [0.25, 0.3) is 0 Å². The van der Waals surface area contributed by atoms with E-state index in [0.717, 1.165) is 12.8 Å². The van der Waals surface area contributed by atoms with Crippen molar-refractivity contribution in [3.8, 4) is 0 Å². The predicted molar refractivity (Wildman–Crippen MR) is 103 cm³/mol. The fourth-order valence-corrected chi connectivity index (χ4v) is 4.61. The fraction of sp³-hybridized carbons (Fsp3) is 0.632. The number of piperidine rings is 1. The van der Waals surface area contributed by atoms with E-state index in [4.69, 9.17) is 5.73 Å². The van der Waals surface area contributed by atoms with E-state index in [1.54, 1.807) is 28.4 Å². The number of sulfonamides is 1. The van der Waals surface area contributed by atoms with E-state index in [2.05, 4.69) is 6.92 Å². The summed E-state index contributed by atoms with van der Waals surface area (Å²) < 4.78 is 27.0. The van der Waals surface area contributed by atoms with Crippen LogP contribution < -0.4 is 5.73 Å². The second-order valence-electron chi connectivity index (χ2n) is 8.14. The number of carbonyl (C=O) groups is 1. The van der Waals surface area contributed by atoms with E-state index < -0.39 is 10.0 Å². The van der Waals surface area contributed by atoms with Gasteiger partial charge >= 0.3 is 0 Å². The SMILES string of the molecule is CC1CCN(S(=O)(=O)c2ccc(C(=O)N(C)CC(C)(C)CN)cc2)CC1. The Morgan fingerprint density at radius 1 is 1.23 bits per heavy atom. The molecule has 1 fully saturated rings. The van der Waals surface area contributed by atoms with Crippen LogP contribution in [0.15, 0.2) is 29.2 Å². The highest BCUT2D eigenvalue weighted by Crippen LogP contribution is 2.24. The molecule has 0 unspecified atom stereocenters. The quantitative estimate of drug-likeness (QED) is 0.818. The highest BCUT2D eigenvalue weighted by Gasteiger charge is 2.28. The number of rotatable bonds is 6. The zero-order chi connectivity index (χ0) is 19.5. The van der Waals surface area contributed by atoms with Crippen LogP contribution in [-0.4, -0.2) is 56.8 Å². The number of nitrogens with two attached hydrogens (primary N) is 1. The molecule has 7 heteroatoms. The van der Waals surface area contributed by atoms with Gasteiger partial charge in [-0.2, -0.15) is 4.31 Å². The Hall–Kier alpha value is -1.44. The van der Waals surface area contributed by atoms with E-state index in [1.165, 1.54) is 12.1 Å². The molecular formula is C19H31N3O3S. The van der Waals surface area contributed by atoms with Crippen LogP contribution in [0, 0.1) is 11.3 Å². The van der Waals surface area contributed by atoms with Crippen LogP contribution in [0.3, 0.4) is 0 Å². The number of amides is 1. The van der Waals surface area contributed by atoms with Gasteiger partial charge in [0.05, 0.1) is 4.90 Å². The molecule has 1 aliphatic rings. The molecule has 6 nitrogen and oxygen atoms in total. The van der Waals surface area contributed by atoms with Crippen molar-refractivity contribution in [2.45, 2.75) is 38.5 Å². The van der Waals surface area contributed by atoms with Gasteiger partial charge in [-0.1, -0.05) is 20.8 Å². The van der Waals surface area contributed by atoms with Crippen molar-refractivity contribution < 1.29 is 13.2 Å². The molecule has 0 saturated carbocycles. The van der Waals surface area contributed by atoms with Crippen molar-refractivity contribution in [3.05, 3.63) is 29.8 Å². The minimum Gasteiger partial charge on any atom is -0.341 e. The summed E-state index contributed by atoms with van der Waals surface area (Å²) in [6.45, 7) is 8.29. The van der Waals surface area contributed by atoms with Gasteiger partial charge in [-0.25, -0.2) is 8.42 Å². The Kier molecular flexibility index (Phi) is 6.47. The van der Waals surface area contributed by atoms with Gasteiger partial charge in [-0.3, -0.25) is 4.79 Å². The highest BCUT2D eigenvalue weighted by molar-refractivity contribution is 7.89. The van der Waals surface area contributed by atoms with Crippen molar-refractivity contribution in [3.63, 3.8) is 0 Å². The minimum atomic E-state index is -3.49. The second kappa shape index (κ2) is 8.06. The van der Waals surface area contributed by atoms with Crippen molar-refractivity contribution in [2.75, 3.05) is 33.2 Å². The van der Waals surface area contributed by atoms with E-state index in [-0.39, 0.29) is 16.2 Å². The van der Waals surface area contributed by atoms with Crippen molar-refractivity contribution in [2.24, 2.45) is 17.1 Å². The summed E-state index contributed by atoms with van der Waals surface area (Å²) in [5, 5.41) is 0. The molecule has 1 aromatic rings. The standard InChI is InChI=1S/C19H31N3O3S/c1-15-9-11-22(12-10-15)26(24,25)17-7-5-16(6-8-17)18(23)21(4)14-19(2,3)13-20/h5-8,15H,9-14,20H2,1-4H3. The Morgan fingerprint density at radius 3 is 2.27 bits per heavy atom. The van der Waals surface area contributed by atoms with Crippen molar-refractivity contribution >= 4 is 15.9 Å². The van der Waals surface area contributed by atoms with Gasteiger partial charge in [0.1, 0.15) is 0 Å². The summed E-state index contributed by atoms with van der Waals surface area (Å²) in [5.41, 5.74) is 6.04. The summed E-state index contributed by atoms with van der Waals surface area (Å²) >= 11 is 0. The third-order valence-corrected chi connectivity index (χ3v) is 6.96. The average molecular weight is 382 g/mol. The molecule has 26 heavy (non-hydrogen) atoms. The van der Waals surface area contributed by atoms with Crippen molar-refractivity contribution in [1.29, 1.82) is 0 Å². The van der Waals surface area contributed by atoms with Gasteiger partial charge in [0.15, 0.2) is 0 Å². The molecule has 146 valence electrons. The Morgan fingerprint density at radius 2 is 1.77 bits per heavy atom. The number of hydrogen-bond donors (Lipinski definition) is 1. The van der Waals surface area contributed by atoms with Crippen LogP contribution in [0.2, 0.25) is 0 Å². The molecule has 2 N–H and O–H groups in total. The fourth-order valence-electron chi connectivity index (χ4n) is 3.14. The normalized spacial score (nSPS) is 17.3. The molecule has 0 atom stereocenters.